The lowest BCUT2D eigenvalue weighted by molar-refractivity contribution is -0.113. The van der Waals surface area contributed by atoms with Crippen LogP contribution >= 0.6 is 24.0 Å². The zero-order valence-electron chi connectivity index (χ0n) is 19.2. The van der Waals surface area contributed by atoms with E-state index in [-0.39, 0.29) is 5.91 Å². The molecule has 1 aliphatic rings. The number of methoxy groups -OCH3 is 1. The molecule has 1 saturated heterocycles. The largest absolute Gasteiger partial charge is 0.494 e. The average Bonchev–Trinajstić information content (AvgIpc) is 3.11. The van der Waals surface area contributed by atoms with E-state index in [1.807, 2.05) is 67.6 Å². The topological polar surface area (TPSA) is 48.0 Å². The van der Waals surface area contributed by atoms with Crippen LogP contribution in [-0.2, 0) is 11.4 Å². The van der Waals surface area contributed by atoms with Gasteiger partial charge in [-0.05, 0) is 67.4 Å². The van der Waals surface area contributed by atoms with Gasteiger partial charge in [0.15, 0.2) is 15.8 Å². The summed E-state index contributed by atoms with van der Waals surface area (Å²) < 4.78 is 17.5. The molecule has 0 saturated carbocycles. The summed E-state index contributed by atoms with van der Waals surface area (Å²) >= 11 is 6.77. The van der Waals surface area contributed by atoms with Gasteiger partial charge in [0.2, 0.25) is 0 Å². The molecule has 0 unspecified atom stereocenters. The lowest BCUT2D eigenvalue weighted by atomic mass is 10.1. The highest BCUT2D eigenvalue weighted by molar-refractivity contribution is 8.27. The molecule has 3 aromatic rings. The third-order valence-corrected chi connectivity index (χ3v) is 6.46. The second-order valence-corrected chi connectivity index (χ2v) is 9.31. The van der Waals surface area contributed by atoms with Gasteiger partial charge in [-0.25, -0.2) is 0 Å². The minimum Gasteiger partial charge on any atom is -0.494 e. The highest BCUT2D eigenvalue weighted by atomic mass is 32.2. The molecule has 0 bridgehead atoms. The van der Waals surface area contributed by atoms with Crippen molar-refractivity contribution in [2.45, 2.75) is 20.5 Å². The molecule has 5 nitrogen and oxygen atoms in total. The van der Waals surface area contributed by atoms with E-state index in [1.54, 1.807) is 7.11 Å². The maximum absolute atomic E-state index is 13.1. The number of benzene rings is 3. The Bertz CT molecular complexity index is 1240. The zero-order valence-corrected chi connectivity index (χ0v) is 20.9. The molecule has 4 rings (SSSR count). The molecule has 0 aliphatic carbocycles. The Hall–Kier alpha value is -3.29. The molecule has 0 N–H and O–H groups in total. The molecule has 3 aromatic carbocycles. The fourth-order valence-electron chi connectivity index (χ4n) is 3.56. The number of hydrogen-bond acceptors (Lipinski definition) is 6. The van der Waals surface area contributed by atoms with Crippen LogP contribution in [0.25, 0.3) is 6.08 Å². The number of rotatable bonds is 8. The number of amides is 1. The molecule has 34 heavy (non-hydrogen) atoms. The van der Waals surface area contributed by atoms with Crippen LogP contribution in [0.2, 0.25) is 0 Å². The Balaban J connectivity index is 1.50. The van der Waals surface area contributed by atoms with E-state index in [0.29, 0.717) is 39.6 Å². The minimum atomic E-state index is -0.155. The van der Waals surface area contributed by atoms with Gasteiger partial charge in [0.25, 0.3) is 5.91 Å². The summed E-state index contributed by atoms with van der Waals surface area (Å²) in [7, 11) is 1.60. The second kappa shape index (κ2) is 10.8. The molecule has 0 atom stereocenters. The van der Waals surface area contributed by atoms with Crippen LogP contribution in [-0.4, -0.2) is 23.9 Å². The molecule has 1 heterocycles. The number of carbonyl (C=O) groups is 1. The number of thioether (sulfide) groups is 1. The van der Waals surface area contributed by atoms with E-state index < -0.39 is 0 Å². The smallest absolute Gasteiger partial charge is 0.270 e. The van der Waals surface area contributed by atoms with Crippen LogP contribution in [0, 0.1) is 6.92 Å². The quantitative estimate of drug-likeness (QED) is 0.269. The van der Waals surface area contributed by atoms with Crippen LogP contribution in [0.5, 0.6) is 17.2 Å². The highest BCUT2D eigenvalue weighted by Crippen LogP contribution is 2.37. The van der Waals surface area contributed by atoms with Gasteiger partial charge >= 0.3 is 0 Å². The summed E-state index contributed by atoms with van der Waals surface area (Å²) in [4.78, 5) is 15.2. The first-order valence-corrected chi connectivity index (χ1v) is 12.1. The van der Waals surface area contributed by atoms with Crippen LogP contribution in [0.4, 0.5) is 5.69 Å². The van der Waals surface area contributed by atoms with Gasteiger partial charge in [-0.1, -0.05) is 59.9 Å². The standard InChI is InChI=1S/C27H25NO4S2/c1-4-31-22-11-9-21(10-12-22)28-26(29)25(34-27(28)33)16-19-8-13-23(24(15-19)30-3)32-17-20-7-5-6-18(2)14-20/h5-16H,4,17H2,1-3H3/b25-16-. The summed E-state index contributed by atoms with van der Waals surface area (Å²) in [6.07, 6.45) is 1.82. The van der Waals surface area contributed by atoms with Crippen molar-refractivity contribution in [3.8, 4) is 17.2 Å². The van der Waals surface area contributed by atoms with E-state index in [2.05, 4.69) is 19.1 Å². The lowest BCUT2D eigenvalue weighted by Crippen LogP contribution is -2.27. The van der Waals surface area contributed by atoms with Crippen molar-refractivity contribution in [1.82, 2.24) is 0 Å². The predicted octanol–water partition coefficient (Wildman–Crippen LogP) is 6.39. The normalized spacial score (nSPS) is 14.6. The summed E-state index contributed by atoms with van der Waals surface area (Å²) in [5, 5.41) is 0. The number of carbonyl (C=O) groups excluding carboxylic acids is 1. The highest BCUT2D eigenvalue weighted by Gasteiger charge is 2.33. The van der Waals surface area contributed by atoms with Crippen LogP contribution in [0.1, 0.15) is 23.6 Å². The third kappa shape index (κ3) is 5.43. The summed E-state index contributed by atoms with van der Waals surface area (Å²) in [6.45, 7) is 5.01. The van der Waals surface area contributed by atoms with Gasteiger partial charge in [-0.3, -0.25) is 9.69 Å². The van der Waals surface area contributed by atoms with Crippen molar-refractivity contribution < 1.29 is 19.0 Å². The maximum Gasteiger partial charge on any atom is 0.270 e. The Morgan fingerprint density at radius 1 is 1.00 bits per heavy atom. The summed E-state index contributed by atoms with van der Waals surface area (Å²) in [6, 6.07) is 21.1. The number of thiocarbonyl (C=S) groups is 1. The van der Waals surface area contributed by atoms with E-state index in [4.69, 9.17) is 26.4 Å². The Morgan fingerprint density at radius 2 is 1.79 bits per heavy atom. The van der Waals surface area contributed by atoms with Crippen LogP contribution in [0.3, 0.4) is 0 Å². The number of nitrogens with zero attached hydrogens (tertiary/aromatic N) is 1. The SMILES string of the molecule is CCOc1ccc(N2C(=O)/C(=C/c3ccc(OCc4cccc(C)c4)c(OC)c3)SC2=S)cc1. The summed E-state index contributed by atoms with van der Waals surface area (Å²) in [5.41, 5.74) is 3.81. The number of aryl methyl sites for hydroxylation is 1. The molecule has 0 aromatic heterocycles. The Labute approximate surface area is 209 Å². The first-order valence-electron chi connectivity index (χ1n) is 10.9. The van der Waals surface area contributed by atoms with Gasteiger partial charge in [0, 0.05) is 0 Å². The third-order valence-electron chi connectivity index (χ3n) is 5.16. The van der Waals surface area contributed by atoms with Crippen molar-refractivity contribution in [2.24, 2.45) is 0 Å². The molecule has 0 spiro atoms. The van der Waals surface area contributed by atoms with Crippen molar-refractivity contribution in [3.63, 3.8) is 0 Å². The van der Waals surface area contributed by atoms with Gasteiger partial charge < -0.3 is 14.2 Å². The van der Waals surface area contributed by atoms with E-state index in [0.717, 1.165) is 16.9 Å². The fraction of sp³-hybridized carbons (Fsp3) is 0.185. The predicted molar refractivity (Wildman–Crippen MR) is 142 cm³/mol. The Morgan fingerprint density at radius 3 is 2.50 bits per heavy atom. The monoisotopic (exact) mass is 491 g/mol. The number of anilines is 1. The molecule has 1 fully saturated rings. The molecule has 7 heteroatoms. The Kier molecular flexibility index (Phi) is 7.55. The molecule has 1 amide bonds. The average molecular weight is 492 g/mol. The maximum atomic E-state index is 13.1. The summed E-state index contributed by atoms with van der Waals surface area (Å²) in [5.74, 6) is 1.84. The lowest BCUT2D eigenvalue weighted by Gasteiger charge is -2.15. The zero-order chi connectivity index (χ0) is 24.1. The first kappa shape index (κ1) is 23.9. The minimum absolute atomic E-state index is 0.155. The van der Waals surface area contributed by atoms with E-state index in [9.17, 15) is 4.79 Å². The van der Waals surface area contributed by atoms with E-state index >= 15 is 0 Å². The van der Waals surface area contributed by atoms with Gasteiger partial charge in [-0.15, -0.1) is 0 Å². The van der Waals surface area contributed by atoms with Crippen molar-refractivity contribution in [1.29, 1.82) is 0 Å². The first-order chi connectivity index (χ1) is 16.5. The number of ether oxygens (including phenoxy) is 3. The van der Waals surface area contributed by atoms with Crippen LogP contribution < -0.4 is 19.1 Å². The van der Waals surface area contributed by atoms with E-state index in [1.165, 1.54) is 22.2 Å². The molecule has 0 radical (unpaired) electrons. The van der Waals surface area contributed by atoms with Crippen LogP contribution in [0.15, 0.2) is 71.6 Å². The van der Waals surface area contributed by atoms with Gasteiger partial charge in [0.1, 0.15) is 12.4 Å². The second-order valence-electron chi connectivity index (χ2n) is 7.63. The van der Waals surface area contributed by atoms with Crippen molar-refractivity contribution in [3.05, 3.63) is 88.3 Å². The molecular weight excluding hydrogens is 466 g/mol. The number of hydrogen-bond donors (Lipinski definition) is 0. The molecule has 174 valence electrons. The molecular formula is C27H25NO4S2. The van der Waals surface area contributed by atoms with Crippen molar-refractivity contribution in [2.75, 3.05) is 18.6 Å². The fourth-order valence-corrected chi connectivity index (χ4v) is 4.86. The van der Waals surface area contributed by atoms with Crippen molar-refractivity contribution >= 4 is 46.0 Å². The van der Waals surface area contributed by atoms with Gasteiger partial charge in [-0.2, -0.15) is 0 Å². The molecule has 1 aliphatic heterocycles. The van der Waals surface area contributed by atoms with Gasteiger partial charge in [0.05, 0.1) is 24.3 Å².